The molecule has 1 atom stereocenters. The van der Waals surface area contributed by atoms with E-state index >= 15 is 0 Å². The molecule has 2 aliphatic rings. The fourth-order valence-corrected chi connectivity index (χ4v) is 4.46. The van der Waals surface area contributed by atoms with Crippen LogP contribution in [0, 0.1) is 0 Å². The Hall–Kier alpha value is -3.11. The number of alkyl halides is 2. The van der Waals surface area contributed by atoms with Crippen LogP contribution in [0.25, 0.3) is 22.2 Å². The number of carbonyl (C=O) groups excluding carboxylic acids is 1. The first-order valence-electron chi connectivity index (χ1n) is 10.1. The molecule has 3 N–H and O–H groups in total. The second-order valence-electron chi connectivity index (χ2n) is 7.91. The van der Waals surface area contributed by atoms with Gasteiger partial charge in [-0.3, -0.25) is 9.48 Å². The first kappa shape index (κ1) is 19.8. The summed E-state index contributed by atoms with van der Waals surface area (Å²) in [6.07, 6.45) is 3.08. The number of fused-ring (bicyclic) bond motifs is 2. The fraction of sp³-hybridized carbons (Fsp3) is 0.381. The summed E-state index contributed by atoms with van der Waals surface area (Å²) in [5, 5.41) is 22.1. The Bertz CT molecular complexity index is 1170. The topological polar surface area (TPSA) is 101 Å². The van der Waals surface area contributed by atoms with Gasteiger partial charge < -0.3 is 20.5 Å². The van der Waals surface area contributed by atoms with Crippen LogP contribution in [0.1, 0.15) is 31.4 Å². The van der Waals surface area contributed by atoms with E-state index in [0.29, 0.717) is 27.7 Å². The number of halogens is 2. The second kappa shape index (κ2) is 7.24. The van der Waals surface area contributed by atoms with Crippen molar-refractivity contribution in [2.45, 2.75) is 38.0 Å². The summed E-state index contributed by atoms with van der Waals surface area (Å²) in [7, 11) is 0. The molecule has 3 aromatic rings. The molecule has 0 aliphatic carbocycles. The highest BCUT2D eigenvalue weighted by Crippen LogP contribution is 2.44. The van der Waals surface area contributed by atoms with Crippen molar-refractivity contribution in [2.24, 2.45) is 0 Å². The Morgan fingerprint density at radius 1 is 1.29 bits per heavy atom. The van der Waals surface area contributed by atoms with Crippen molar-refractivity contribution in [3.8, 4) is 17.0 Å². The van der Waals surface area contributed by atoms with Crippen LogP contribution in [0.5, 0.6) is 5.75 Å². The predicted molar refractivity (Wildman–Crippen MR) is 109 cm³/mol. The van der Waals surface area contributed by atoms with Crippen LogP contribution in [0.15, 0.2) is 30.5 Å². The maximum atomic E-state index is 13.1. The number of nitrogens with one attached hydrogen (secondary N) is 2. The van der Waals surface area contributed by atoms with Crippen LogP contribution < -0.4 is 15.4 Å². The molecule has 8 nitrogen and oxygen atoms in total. The largest absolute Gasteiger partial charge is 0.433 e. The maximum absolute atomic E-state index is 13.1. The van der Waals surface area contributed by atoms with E-state index in [4.69, 9.17) is 9.84 Å². The summed E-state index contributed by atoms with van der Waals surface area (Å²) in [5.41, 5.74) is -0.0194. The standard InChI is InChI=1S/C21H21F2N5O3/c1-21(30)15-12(7-10-25-18(15)26-19(21)29)16-13-3-2-4-14(31-20(22)23)17(13)28(27-16)11-5-8-24-9-6-11/h2-4,7,10-11,20,24,30H,5-6,8-9H2,1H3,(H,25,26,29)/t21-/m0/s1. The Balaban J connectivity index is 1.77. The third-order valence-corrected chi connectivity index (χ3v) is 5.93. The molecule has 1 saturated heterocycles. The molecule has 162 valence electrons. The SMILES string of the molecule is C[C@@]1(O)C(=O)Nc2nccc(-c3nn(C4CCNCC4)c4c(OC(F)F)cccc34)c21. The zero-order chi connectivity index (χ0) is 21.8. The van der Waals surface area contributed by atoms with Gasteiger partial charge in [0.15, 0.2) is 11.4 Å². The lowest BCUT2D eigenvalue weighted by atomic mass is 9.92. The lowest BCUT2D eigenvalue weighted by molar-refractivity contribution is -0.131. The zero-order valence-electron chi connectivity index (χ0n) is 16.7. The van der Waals surface area contributed by atoms with E-state index in [1.54, 1.807) is 22.9 Å². The van der Waals surface area contributed by atoms with Gasteiger partial charge in [0, 0.05) is 22.7 Å². The Labute approximate surface area is 176 Å². The Morgan fingerprint density at radius 2 is 2.06 bits per heavy atom. The van der Waals surface area contributed by atoms with Crippen LogP contribution in [-0.2, 0) is 10.4 Å². The molecule has 1 fully saturated rings. The van der Waals surface area contributed by atoms with E-state index in [2.05, 4.69) is 15.6 Å². The highest BCUT2D eigenvalue weighted by Gasteiger charge is 2.44. The normalized spacial score (nSPS) is 21.5. The summed E-state index contributed by atoms with van der Waals surface area (Å²) in [4.78, 5) is 16.5. The number of piperidine rings is 1. The van der Waals surface area contributed by atoms with E-state index in [0.717, 1.165) is 25.9 Å². The highest BCUT2D eigenvalue weighted by molar-refractivity contribution is 6.07. The number of hydrogen-bond donors (Lipinski definition) is 3. The molecule has 1 aromatic carbocycles. The van der Waals surface area contributed by atoms with Gasteiger partial charge in [-0.15, -0.1) is 0 Å². The van der Waals surface area contributed by atoms with Gasteiger partial charge in [-0.05, 0) is 45.0 Å². The number of amides is 1. The molecule has 2 aromatic heterocycles. The second-order valence-corrected chi connectivity index (χ2v) is 7.91. The van der Waals surface area contributed by atoms with E-state index in [-0.39, 0.29) is 17.6 Å². The number of pyridine rings is 1. The molecule has 0 radical (unpaired) electrons. The van der Waals surface area contributed by atoms with E-state index in [1.807, 2.05) is 0 Å². The first-order valence-corrected chi connectivity index (χ1v) is 10.1. The number of anilines is 1. The van der Waals surface area contributed by atoms with Crippen LogP contribution in [0.4, 0.5) is 14.6 Å². The van der Waals surface area contributed by atoms with Crippen molar-refractivity contribution in [1.82, 2.24) is 20.1 Å². The maximum Gasteiger partial charge on any atom is 0.387 e. The number of aromatic nitrogens is 3. The Morgan fingerprint density at radius 3 is 2.81 bits per heavy atom. The molecule has 2 aliphatic heterocycles. The lowest BCUT2D eigenvalue weighted by Gasteiger charge is -2.24. The van der Waals surface area contributed by atoms with Crippen molar-refractivity contribution in [1.29, 1.82) is 0 Å². The number of rotatable bonds is 4. The summed E-state index contributed by atoms with van der Waals surface area (Å²) in [6.45, 7) is 0.00295. The van der Waals surface area contributed by atoms with Gasteiger partial charge in [-0.2, -0.15) is 13.9 Å². The molecule has 10 heteroatoms. The number of aliphatic hydroxyl groups is 1. The summed E-state index contributed by atoms with van der Waals surface area (Å²) >= 11 is 0. The van der Waals surface area contributed by atoms with Gasteiger partial charge in [0.05, 0.1) is 6.04 Å². The molecule has 0 saturated carbocycles. The van der Waals surface area contributed by atoms with Crippen molar-refractivity contribution < 1.29 is 23.4 Å². The number of para-hydroxylation sites is 1. The molecule has 5 rings (SSSR count). The third-order valence-electron chi connectivity index (χ3n) is 5.93. The molecule has 0 unspecified atom stereocenters. The van der Waals surface area contributed by atoms with Gasteiger partial charge in [0.1, 0.15) is 17.0 Å². The monoisotopic (exact) mass is 429 g/mol. The number of hydrogen-bond acceptors (Lipinski definition) is 6. The van der Waals surface area contributed by atoms with Gasteiger partial charge in [-0.25, -0.2) is 4.98 Å². The number of carbonyl (C=O) groups is 1. The van der Waals surface area contributed by atoms with Crippen molar-refractivity contribution in [3.05, 3.63) is 36.0 Å². The molecule has 31 heavy (non-hydrogen) atoms. The molecule has 0 bridgehead atoms. The number of benzene rings is 1. The van der Waals surface area contributed by atoms with Gasteiger partial charge in [-0.1, -0.05) is 12.1 Å². The van der Waals surface area contributed by atoms with Crippen molar-refractivity contribution >= 4 is 22.6 Å². The predicted octanol–water partition coefficient (Wildman–Crippen LogP) is 2.78. The number of nitrogens with zero attached hydrogens (tertiary/aromatic N) is 3. The van der Waals surface area contributed by atoms with Crippen LogP contribution in [0.2, 0.25) is 0 Å². The molecule has 4 heterocycles. The summed E-state index contributed by atoms with van der Waals surface area (Å²) in [6, 6.07) is 6.56. The fourth-order valence-electron chi connectivity index (χ4n) is 4.46. The van der Waals surface area contributed by atoms with Crippen LogP contribution in [-0.4, -0.2) is 45.5 Å². The Kier molecular flexibility index (Phi) is 4.63. The van der Waals surface area contributed by atoms with Gasteiger partial charge in [0.25, 0.3) is 5.91 Å². The highest BCUT2D eigenvalue weighted by atomic mass is 19.3. The average molecular weight is 429 g/mol. The van der Waals surface area contributed by atoms with Gasteiger partial charge in [0.2, 0.25) is 0 Å². The van der Waals surface area contributed by atoms with Crippen LogP contribution in [0.3, 0.4) is 0 Å². The zero-order valence-corrected chi connectivity index (χ0v) is 16.7. The quantitative estimate of drug-likeness (QED) is 0.590. The van der Waals surface area contributed by atoms with E-state index in [1.165, 1.54) is 19.2 Å². The molecule has 0 spiro atoms. The van der Waals surface area contributed by atoms with Crippen molar-refractivity contribution in [3.63, 3.8) is 0 Å². The smallest absolute Gasteiger partial charge is 0.387 e. The molecule has 1 amide bonds. The minimum Gasteiger partial charge on any atom is -0.433 e. The minimum atomic E-state index is -2.97. The van der Waals surface area contributed by atoms with Gasteiger partial charge >= 0.3 is 6.61 Å². The lowest BCUT2D eigenvalue weighted by Crippen LogP contribution is -2.30. The molecular weight excluding hydrogens is 408 g/mol. The summed E-state index contributed by atoms with van der Waals surface area (Å²) in [5.74, 6) is -0.278. The number of ether oxygens (including phenoxy) is 1. The first-order chi connectivity index (χ1) is 14.9. The molecular formula is C21H21F2N5O3. The summed E-state index contributed by atoms with van der Waals surface area (Å²) < 4.78 is 32.8. The van der Waals surface area contributed by atoms with Crippen molar-refractivity contribution in [2.75, 3.05) is 18.4 Å². The minimum absolute atomic E-state index is 0.00456. The van der Waals surface area contributed by atoms with Crippen LogP contribution >= 0.6 is 0 Å². The van der Waals surface area contributed by atoms with E-state index in [9.17, 15) is 18.7 Å². The third kappa shape index (κ3) is 3.14. The van der Waals surface area contributed by atoms with E-state index < -0.39 is 18.1 Å². The average Bonchev–Trinajstić information content (AvgIpc) is 3.24.